The Morgan fingerprint density at radius 2 is 1.96 bits per heavy atom. The van der Waals surface area contributed by atoms with Gasteiger partial charge in [0.1, 0.15) is 0 Å². The molecule has 4 bridgehead atoms. The normalized spacial score (nSPS) is 35.9. The molecule has 0 unspecified atom stereocenters. The molecule has 0 atom stereocenters. The van der Waals surface area contributed by atoms with Crippen molar-refractivity contribution in [2.45, 2.75) is 51.5 Å². The molecule has 126 valence electrons. The van der Waals surface area contributed by atoms with Gasteiger partial charge in [-0.2, -0.15) is 4.99 Å². The molecule has 5 heteroatoms. The van der Waals surface area contributed by atoms with E-state index < -0.39 is 0 Å². The van der Waals surface area contributed by atoms with Crippen LogP contribution in [0, 0.1) is 23.2 Å². The van der Waals surface area contributed by atoms with Gasteiger partial charge in [-0.3, -0.25) is 4.79 Å². The van der Waals surface area contributed by atoms with Crippen LogP contribution < -0.4 is 4.80 Å². The van der Waals surface area contributed by atoms with E-state index in [1.54, 1.807) is 18.4 Å². The molecule has 4 saturated carbocycles. The highest BCUT2D eigenvalue weighted by atomic mass is 32.1. The first-order valence-corrected chi connectivity index (χ1v) is 9.74. The van der Waals surface area contributed by atoms with E-state index in [-0.39, 0.29) is 11.3 Å². The van der Waals surface area contributed by atoms with E-state index in [0.717, 1.165) is 29.1 Å². The summed E-state index contributed by atoms with van der Waals surface area (Å²) in [5.41, 5.74) is 0.282. The topological polar surface area (TPSA) is 43.6 Å². The number of aromatic nitrogens is 1. The van der Waals surface area contributed by atoms with Gasteiger partial charge in [-0.05, 0) is 61.7 Å². The number of carbonyl (C=O) groups is 1. The zero-order valence-electron chi connectivity index (χ0n) is 13.9. The van der Waals surface area contributed by atoms with Crippen LogP contribution in [-0.2, 0) is 16.1 Å². The fourth-order valence-electron chi connectivity index (χ4n) is 5.72. The van der Waals surface area contributed by atoms with E-state index in [0.29, 0.717) is 13.0 Å². The number of amides is 1. The predicted molar refractivity (Wildman–Crippen MR) is 90.0 cm³/mol. The average Bonchev–Trinajstić information content (AvgIpc) is 2.89. The molecule has 23 heavy (non-hydrogen) atoms. The van der Waals surface area contributed by atoms with Gasteiger partial charge in [-0.25, -0.2) is 0 Å². The number of hydrogen-bond acceptors (Lipinski definition) is 3. The van der Waals surface area contributed by atoms with Crippen LogP contribution in [0.3, 0.4) is 0 Å². The van der Waals surface area contributed by atoms with E-state index in [1.165, 1.54) is 38.5 Å². The molecule has 4 aliphatic rings. The van der Waals surface area contributed by atoms with Gasteiger partial charge < -0.3 is 9.30 Å². The zero-order chi connectivity index (χ0) is 15.9. The minimum absolute atomic E-state index is 0.0839. The minimum Gasteiger partial charge on any atom is -0.383 e. The molecule has 0 saturated heterocycles. The van der Waals surface area contributed by atoms with Crippen molar-refractivity contribution < 1.29 is 9.53 Å². The summed E-state index contributed by atoms with van der Waals surface area (Å²) in [4.78, 5) is 17.9. The lowest BCUT2D eigenvalue weighted by molar-refractivity contribution is -0.126. The summed E-state index contributed by atoms with van der Waals surface area (Å²) in [6, 6.07) is 0. The largest absolute Gasteiger partial charge is 0.383 e. The Bertz CT molecular complexity index is 610. The van der Waals surface area contributed by atoms with Crippen LogP contribution in [0.2, 0.25) is 0 Å². The summed E-state index contributed by atoms with van der Waals surface area (Å²) in [7, 11) is 1.70. The maximum absolute atomic E-state index is 12.6. The van der Waals surface area contributed by atoms with Crippen molar-refractivity contribution in [3.8, 4) is 0 Å². The van der Waals surface area contributed by atoms with Crippen molar-refractivity contribution in [1.82, 2.24) is 4.57 Å². The monoisotopic (exact) mass is 334 g/mol. The Kier molecular flexibility index (Phi) is 4.18. The van der Waals surface area contributed by atoms with Gasteiger partial charge in [0.25, 0.3) is 0 Å². The van der Waals surface area contributed by atoms with Gasteiger partial charge in [-0.1, -0.05) is 0 Å². The van der Waals surface area contributed by atoms with Crippen LogP contribution in [0.5, 0.6) is 0 Å². The molecule has 4 aliphatic carbocycles. The summed E-state index contributed by atoms with van der Waals surface area (Å²) >= 11 is 1.54. The van der Waals surface area contributed by atoms with Crippen LogP contribution in [0.15, 0.2) is 16.6 Å². The molecule has 0 N–H and O–H groups in total. The van der Waals surface area contributed by atoms with Crippen molar-refractivity contribution in [3.63, 3.8) is 0 Å². The Labute approximate surface area is 141 Å². The van der Waals surface area contributed by atoms with Gasteiger partial charge in [0, 0.05) is 31.7 Å². The van der Waals surface area contributed by atoms with Crippen molar-refractivity contribution >= 4 is 17.2 Å². The van der Waals surface area contributed by atoms with Crippen LogP contribution in [0.4, 0.5) is 0 Å². The standard InChI is InChI=1S/C18H26N2O2S/c1-22-4-2-20-3-5-23-17(20)19-16(21)12-18-9-13-6-14(10-18)8-15(7-13)11-18/h3,5,13-15H,2,4,6-12H2,1H3. The number of rotatable bonds is 5. The first-order valence-electron chi connectivity index (χ1n) is 8.86. The van der Waals surface area contributed by atoms with Gasteiger partial charge in [0.15, 0.2) is 4.80 Å². The number of carbonyl (C=O) groups excluding carboxylic acids is 1. The Morgan fingerprint density at radius 3 is 2.57 bits per heavy atom. The lowest BCUT2D eigenvalue weighted by atomic mass is 9.49. The first kappa shape index (κ1) is 15.6. The molecule has 1 aromatic rings. The van der Waals surface area contributed by atoms with Gasteiger partial charge >= 0.3 is 0 Å². The highest BCUT2D eigenvalue weighted by Gasteiger charge is 2.51. The summed E-state index contributed by atoms with van der Waals surface area (Å²) < 4.78 is 7.14. The van der Waals surface area contributed by atoms with E-state index >= 15 is 0 Å². The summed E-state index contributed by atoms with van der Waals surface area (Å²) in [5.74, 6) is 2.76. The first-order chi connectivity index (χ1) is 11.2. The van der Waals surface area contributed by atoms with Crippen LogP contribution >= 0.6 is 11.3 Å². The lowest BCUT2D eigenvalue weighted by Gasteiger charge is -2.56. The molecule has 5 rings (SSSR count). The summed E-state index contributed by atoms with van der Waals surface area (Å²) in [6.07, 6.45) is 10.7. The third kappa shape index (κ3) is 3.18. The second-order valence-corrected chi connectivity index (χ2v) is 8.84. The smallest absolute Gasteiger partial charge is 0.248 e. The predicted octanol–water partition coefficient (Wildman–Crippen LogP) is 3.23. The number of methoxy groups -OCH3 is 1. The highest BCUT2D eigenvalue weighted by molar-refractivity contribution is 7.07. The minimum atomic E-state index is 0.0839. The van der Waals surface area contributed by atoms with Gasteiger partial charge in [-0.15, -0.1) is 11.3 Å². The molecule has 1 aromatic heterocycles. The third-order valence-electron chi connectivity index (χ3n) is 6.11. The van der Waals surface area contributed by atoms with Crippen LogP contribution in [0.25, 0.3) is 0 Å². The maximum atomic E-state index is 12.6. The third-order valence-corrected chi connectivity index (χ3v) is 6.90. The van der Waals surface area contributed by atoms with Crippen molar-refractivity contribution in [3.05, 3.63) is 16.4 Å². The van der Waals surface area contributed by atoms with Gasteiger partial charge in [0.05, 0.1) is 6.61 Å². The number of nitrogens with zero attached hydrogens (tertiary/aromatic N) is 2. The molecule has 0 radical (unpaired) electrons. The number of hydrogen-bond donors (Lipinski definition) is 0. The lowest BCUT2D eigenvalue weighted by Crippen LogP contribution is -2.46. The molecular formula is C18H26N2O2S. The van der Waals surface area contributed by atoms with Gasteiger partial charge in [0.2, 0.25) is 5.91 Å². The van der Waals surface area contributed by atoms with E-state index in [1.807, 2.05) is 16.1 Å². The van der Waals surface area contributed by atoms with Crippen molar-refractivity contribution in [2.75, 3.05) is 13.7 Å². The average molecular weight is 334 g/mol. The highest BCUT2D eigenvalue weighted by Crippen LogP contribution is 2.61. The second-order valence-electron chi connectivity index (χ2n) is 7.97. The second kappa shape index (κ2) is 6.17. The van der Waals surface area contributed by atoms with Crippen LogP contribution in [-0.4, -0.2) is 24.2 Å². The zero-order valence-corrected chi connectivity index (χ0v) is 14.7. The molecular weight excluding hydrogens is 308 g/mol. The molecule has 0 spiro atoms. The van der Waals surface area contributed by atoms with Crippen molar-refractivity contribution in [2.24, 2.45) is 28.2 Å². The van der Waals surface area contributed by atoms with E-state index in [4.69, 9.17) is 4.74 Å². The Balaban J connectivity index is 1.48. The van der Waals surface area contributed by atoms with E-state index in [2.05, 4.69) is 4.99 Å². The number of ether oxygens (including phenoxy) is 1. The molecule has 0 aromatic carbocycles. The van der Waals surface area contributed by atoms with Crippen molar-refractivity contribution in [1.29, 1.82) is 0 Å². The quantitative estimate of drug-likeness (QED) is 0.830. The summed E-state index contributed by atoms with van der Waals surface area (Å²) in [5, 5.41) is 1.99. The fraction of sp³-hybridized carbons (Fsp3) is 0.778. The molecule has 4 nitrogen and oxygen atoms in total. The molecule has 1 heterocycles. The maximum Gasteiger partial charge on any atom is 0.248 e. The summed E-state index contributed by atoms with van der Waals surface area (Å²) in [6.45, 7) is 1.40. The number of thiazole rings is 1. The molecule has 1 amide bonds. The van der Waals surface area contributed by atoms with Crippen LogP contribution in [0.1, 0.15) is 44.9 Å². The fourth-order valence-corrected chi connectivity index (χ4v) is 6.49. The molecule has 4 fully saturated rings. The Morgan fingerprint density at radius 1 is 1.30 bits per heavy atom. The van der Waals surface area contributed by atoms with E-state index in [9.17, 15) is 4.79 Å². The molecule has 0 aliphatic heterocycles. The SMILES string of the molecule is COCCn1ccsc1=NC(=O)CC12CC3CC(CC(C3)C1)C2. The Hall–Kier alpha value is -0.940.